The fraction of sp³-hybridized carbons (Fsp3) is 0.308. The second-order valence-electron chi connectivity index (χ2n) is 8.34. The van der Waals surface area contributed by atoms with Crippen molar-refractivity contribution in [2.45, 2.75) is 32.0 Å². The Morgan fingerprint density at radius 2 is 1.89 bits per heavy atom. The molecule has 2 atom stereocenters. The first kappa shape index (κ1) is 24.3. The summed E-state index contributed by atoms with van der Waals surface area (Å²) in [6.07, 6.45) is 1.66. The minimum atomic E-state index is -0.763. The van der Waals surface area contributed by atoms with Crippen LogP contribution in [0.15, 0.2) is 71.2 Å². The van der Waals surface area contributed by atoms with E-state index in [0.717, 1.165) is 11.4 Å². The summed E-state index contributed by atoms with van der Waals surface area (Å²) in [6.45, 7) is 2.10. The van der Waals surface area contributed by atoms with Crippen molar-refractivity contribution in [1.29, 1.82) is 0 Å². The van der Waals surface area contributed by atoms with Crippen LogP contribution < -0.4 is 10.9 Å². The van der Waals surface area contributed by atoms with Crippen molar-refractivity contribution < 1.29 is 24.5 Å². The molecule has 2 aromatic carbocycles. The number of ether oxygens (including phenoxy) is 2. The van der Waals surface area contributed by atoms with Gasteiger partial charge in [0.05, 0.1) is 12.3 Å². The Bertz CT molecular complexity index is 1260. The first-order chi connectivity index (χ1) is 16.9. The maximum absolute atomic E-state index is 13.6. The summed E-state index contributed by atoms with van der Waals surface area (Å²) >= 11 is 0. The van der Waals surface area contributed by atoms with Crippen LogP contribution >= 0.6 is 0 Å². The molecule has 0 unspecified atom stereocenters. The predicted molar refractivity (Wildman–Crippen MR) is 130 cm³/mol. The number of nitrogens with zero attached hydrogens (tertiary/aromatic N) is 2. The lowest BCUT2D eigenvalue weighted by Gasteiger charge is -2.28. The number of nitrogens with one attached hydrogen (secondary N) is 1. The van der Waals surface area contributed by atoms with Crippen molar-refractivity contribution in [1.82, 2.24) is 9.36 Å². The molecule has 184 valence electrons. The van der Waals surface area contributed by atoms with Crippen LogP contribution in [0.4, 0.5) is 5.69 Å². The number of hydrogen-bond donors (Lipinski definition) is 3. The Morgan fingerprint density at radius 1 is 1.17 bits per heavy atom. The number of anilines is 1. The maximum atomic E-state index is 13.6. The molecule has 9 nitrogen and oxygen atoms in total. The third kappa shape index (κ3) is 5.31. The van der Waals surface area contributed by atoms with Crippen molar-refractivity contribution in [2.24, 2.45) is 7.05 Å². The topological polar surface area (TPSA) is 115 Å². The Labute approximate surface area is 202 Å². The molecule has 0 bridgehead atoms. The van der Waals surface area contributed by atoms with Gasteiger partial charge in [0, 0.05) is 42.9 Å². The lowest BCUT2D eigenvalue weighted by atomic mass is 9.93. The van der Waals surface area contributed by atoms with E-state index >= 15 is 0 Å². The van der Waals surface area contributed by atoms with Gasteiger partial charge in [-0.2, -0.15) is 0 Å². The number of amides is 1. The molecule has 3 N–H and O–H groups in total. The number of hydrogen-bond acceptors (Lipinski definition) is 6. The molecule has 0 fully saturated rings. The number of phenolic OH excluding ortho intramolecular Hbond substituents is 1. The van der Waals surface area contributed by atoms with Crippen LogP contribution in [0.5, 0.6) is 5.75 Å². The Hall–Kier alpha value is -3.82. The molecule has 1 amide bonds. The molecule has 0 radical (unpaired) electrons. The molecule has 1 aliphatic heterocycles. The monoisotopic (exact) mass is 479 g/mol. The fourth-order valence-electron chi connectivity index (χ4n) is 4.15. The van der Waals surface area contributed by atoms with Gasteiger partial charge in [-0.05, 0) is 55.8 Å². The average Bonchev–Trinajstić information content (AvgIpc) is 3.08. The number of aromatic nitrogens is 2. The zero-order valence-electron chi connectivity index (χ0n) is 19.7. The minimum absolute atomic E-state index is 0.0280. The molecule has 1 aromatic heterocycles. The van der Waals surface area contributed by atoms with Crippen molar-refractivity contribution in [3.63, 3.8) is 0 Å². The van der Waals surface area contributed by atoms with Crippen molar-refractivity contribution in [2.75, 3.05) is 18.5 Å². The summed E-state index contributed by atoms with van der Waals surface area (Å²) in [6, 6.07) is 15.4. The number of carbonyl (C=O) groups excluding carboxylic acids is 1. The predicted octanol–water partition coefficient (Wildman–Crippen LogP) is 2.94. The first-order valence-electron chi connectivity index (χ1n) is 11.4. The fourth-order valence-corrected chi connectivity index (χ4v) is 4.15. The number of aliphatic hydroxyl groups is 1. The van der Waals surface area contributed by atoms with Crippen LogP contribution in [0.3, 0.4) is 0 Å². The van der Waals surface area contributed by atoms with Gasteiger partial charge in [-0.3, -0.25) is 14.3 Å². The van der Waals surface area contributed by atoms with Crippen LogP contribution in [0.25, 0.3) is 5.69 Å². The van der Waals surface area contributed by atoms with Gasteiger partial charge in [0.25, 0.3) is 11.5 Å². The normalized spacial score (nSPS) is 17.5. The zero-order chi connectivity index (χ0) is 24.9. The molecule has 0 spiro atoms. The van der Waals surface area contributed by atoms with Crippen molar-refractivity contribution >= 4 is 11.6 Å². The number of carbonyl (C=O) groups is 1. The number of benzene rings is 2. The Kier molecular flexibility index (Phi) is 7.38. The maximum Gasteiger partial charge on any atom is 0.290 e. The third-order valence-corrected chi connectivity index (χ3v) is 5.98. The smallest absolute Gasteiger partial charge is 0.290 e. The number of aliphatic hydroxyl groups excluding tert-OH is 1. The van der Waals surface area contributed by atoms with Gasteiger partial charge in [-0.15, -0.1) is 0 Å². The Balaban J connectivity index is 1.68. The van der Waals surface area contributed by atoms with Crippen LogP contribution in [0, 0.1) is 6.92 Å². The molecule has 4 rings (SSSR count). The zero-order valence-corrected chi connectivity index (χ0v) is 19.7. The number of aromatic hydroxyl groups is 1. The van der Waals surface area contributed by atoms with E-state index in [0.29, 0.717) is 24.1 Å². The van der Waals surface area contributed by atoms with Gasteiger partial charge in [-0.25, -0.2) is 4.68 Å². The van der Waals surface area contributed by atoms with Gasteiger partial charge in [-0.1, -0.05) is 18.2 Å². The highest BCUT2D eigenvalue weighted by atomic mass is 16.7. The molecule has 9 heteroatoms. The molecule has 3 aromatic rings. The minimum Gasteiger partial charge on any atom is -0.508 e. The highest BCUT2D eigenvalue weighted by Crippen LogP contribution is 2.32. The Morgan fingerprint density at radius 3 is 2.57 bits per heavy atom. The van der Waals surface area contributed by atoms with E-state index in [1.807, 2.05) is 44.3 Å². The summed E-state index contributed by atoms with van der Waals surface area (Å²) in [5, 5.41) is 21.3. The van der Waals surface area contributed by atoms with Gasteiger partial charge in [0.15, 0.2) is 5.76 Å². The third-order valence-electron chi connectivity index (χ3n) is 5.98. The SMILES string of the molecule is Cc1c([C@@H]2C=C(C(=O)Nc3ccc(O)cc3)O[C@H](OCCCO)C2)c(=O)n(-c2ccccc2)n1C. The average molecular weight is 480 g/mol. The summed E-state index contributed by atoms with van der Waals surface area (Å²) in [5.41, 5.74) is 2.39. The molecular formula is C26H29N3O6. The molecule has 0 saturated heterocycles. The standard InChI is InChI=1S/C26H29N3O6/c1-17-24(26(33)29(28(17)2)20-7-4-3-5-8-20)18-15-22(35-23(16-18)34-14-6-13-30)25(32)27-19-9-11-21(31)12-10-19/h3-5,7-12,15,18,23,30-31H,6,13-14,16H2,1-2H3,(H,27,32)/t18-,23+/m1/s1. The second-order valence-corrected chi connectivity index (χ2v) is 8.34. The van der Waals surface area contributed by atoms with E-state index in [2.05, 4.69) is 5.32 Å². The van der Waals surface area contributed by atoms with Gasteiger partial charge < -0.3 is 25.0 Å². The van der Waals surface area contributed by atoms with E-state index in [1.54, 1.807) is 27.6 Å². The molecule has 2 heterocycles. The number of rotatable bonds is 8. The quantitative estimate of drug-likeness (QED) is 0.338. The molecule has 1 aliphatic rings. The van der Waals surface area contributed by atoms with Crippen LogP contribution in [-0.2, 0) is 21.3 Å². The number of allylic oxidation sites excluding steroid dienone is 1. The summed E-state index contributed by atoms with van der Waals surface area (Å²) in [7, 11) is 1.82. The summed E-state index contributed by atoms with van der Waals surface area (Å²) < 4.78 is 15.0. The van der Waals surface area contributed by atoms with E-state index in [9.17, 15) is 14.7 Å². The van der Waals surface area contributed by atoms with Gasteiger partial charge in [0.1, 0.15) is 5.75 Å². The lowest BCUT2D eigenvalue weighted by molar-refractivity contribution is -0.144. The molecule has 0 saturated carbocycles. The summed E-state index contributed by atoms with van der Waals surface area (Å²) in [5.74, 6) is -0.791. The summed E-state index contributed by atoms with van der Waals surface area (Å²) in [4.78, 5) is 26.6. The van der Waals surface area contributed by atoms with Crippen LogP contribution in [0.1, 0.15) is 30.0 Å². The number of phenols is 1. The second kappa shape index (κ2) is 10.6. The van der Waals surface area contributed by atoms with Gasteiger partial charge >= 0.3 is 0 Å². The van der Waals surface area contributed by atoms with Crippen molar-refractivity contribution in [3.05, 3.63) is 88.0 Å². The lowest BCUT2D eigenvalue weighted by Crippen LogP contribution is -2.31. The van der Waals surface area contributed by atoms with Crippen LogP contribution in [0.2, 0.25) is 0 Å². The van der Waals surface area contributed by atoms with E-state index in [4.69, 9.17) is 14.6 Å². The first-order valence-corrected chi connectivity index (χ1v) is 11.4. The number of para-hydroxylation sites is 1. The van der Waals surface area contributed by atoms with E-state index in [1.165, 1.54) is 12.1 Å². The largest absolute Gasteiger partial charge is 0.508 e. The highest BCUT2D eigenvalue weighted by Gasteiger charge is 2.33. The molecular weight excluding hydrogens is 450 g/mol. The van der Waals surface area contributed by atoms with E-state index < -0.39 is 18.1 Å². The van der Waals surface area contributed by atoms with Gasteiger partial charge in [0.2, 0.25) is 6.29 Å². The molecule has 0 aliphatic carbocycles. The van der Waals surface area contributed by atoms with Crippen LogP contribution in [-0.4, -0.2) is 45.0 Å². The highest BCUT2D eigenvalue weighted by molar-refractivity contribution is 6.02. The van der Waals surface area contributed by atoms with E-state index in [-0.39, 0.29) is 30.3 Å². The molecule has 35 heavy (non-hydrogen) atoms. The van der Waals surface area contributed by atoms with Crippen molar-refractivity contribution in [3.8, 4) is 11.4 Å².